The Morgan fingerprint density at radius 1 is 1.13 bits per heavy atom. The van der Waals surface area contributed by atoms with E-state index in [0.29, 0.717) is 12.6 Å². The van der Waals surface area contributed by atoms with Crippen LogP contribution in [-0.2, 0) is 11.3 Å². The van der Waals surface area contributed by atoms with Gasteiger partial charge in [0.1, 0.15) is 0 Å². The van der Waals surface area contributed by atoms with Crippen LogP contribution >= 0.6 is 0 Å². The van der Waals surface area contributed by atoms with E-state index in [2.05, 4.69) is 63.1 Å². The zero-order chi connectivity index (χ0) is 21.6. The third-order valence-corrected chi connectivity index (χ3v) is 6.28. The number of benzene rings is 2. The quantitative estimate of drug-likeness (QED) is 0.494. The monoisotopic (exact) mass is 419 g/mol. The van der Waals surface area contributed by atoms with Crippen LogP contribution in [0.15, 0.2) is 53.5 Å². The first-order valence-electron chi connectivity index (χ1n) is 11.3. The smallest absolute Gasteiger partial charge is 0.227 e. The summed E-state index contributed by atoms with van der Waals surface area (Å²) in [7, 11) is 1.80. The highest BCUT2D eigenvalue weighted by Crippen LogP contribution is 2.27. The fourth-order valence-corrected chi connectivity index (χ4v) is 4.12. The van der Waals surface area contributed by atoms with Gasteiger partial charge in [-0.1, -0.05) is 36.2 Å². The lowest BCUT2D eigenvalue weighted by Crippen LogP contribution is -2.44. The summed E-state index contributed by atoms with van der Waals surface area (Å²) in [6.07, 6.45) is 4.27. The van der Waals surface area contributed by atoms with Gasteiger partial charge >= 0.3 is 0 Å². The van der Waals surface area contributed by atoms with Crippen molar-refractivity contribution in [1.29, 1.82) is 0 Å². The van der Waals surface area contributed by atoms with Crippen molar-refractivity contribution in [1.82, 2.24) is 10.6 Å². The van der Waals surface area contributed by atoms with Crippen molar-refractivity contribution in [3.63, 3.8) is 0 Å². The molecule has 2 fully saturated rings. The maximum Gasteiger partial charge on any atom is 0.227 e. The fraction of sp³-hybridized carbons (Fsp3) is 0.440. The summed E-state index contributed by atoms with van der Waals surface area (Å²) in [5, 5.41) is 10.0. The normalized spacial score (nSPS) is 19.1. The summed E-state index contributed by atoms with van der Waals surface area (Å²) in [5.41, 5.74) is 4.54. The second kappa shape index (κ2) is 9.86. The molecule has 4 rings (SSSR count). The topological polar surface area (TPSA) is 68.8 Å². The van der Waals surface area contributed by atoms with Gasteiger partial charge in [0.2, 0.25) is 5.91 Å². The van der Waals surface area contributed by atoms with Crippen LogP contribution in [0.1, 0.15) is 36.8 Å². The summed E-state index contributed by atoms with van der Waals surface area (Å²) < 4.78 is 0. The van der Waals surface area contributed by atoms with Gasteiger partial charge in [0.25, 0.3) is 0 Å². The Morgan fingerprint density at radius 2 is 1.94 bits per heavy atom. The first kappa shape index (κ1) is 21.2. The third-order valence-electron chi connectivity index (χ3n) is 6.28. The SMILES string of the molecule is CN=C(NCc1cccc(NC(=O)C2CCC2)c1)NC1CCN(c2ccc(C)cc2)C1. The number of carbonyl (C=O) groups is 1. The van der Waals surface area contributed by atoms with Gasteiger partial charge in [0.05, 0.1) is 0 Å². The zero-order valence-corrected chi connectivity index (χ0v) is 18.5. The molecule has 1 atom stereocenters. The number of rotatable bonds is 6. The van der Waals surface area contributed by atoms with Crippen molar-refractivity contribution >= 4 is 23.2 Å². The molecule has 2 aliphatic rings. The molecule has 164 valence electrons. The van der Waals surface area contributed by atoms with Crippen LogP contribution in [0, 0.1) is 12.8 Å². The zero-order valence-electron chi connectivity index (χ0n) is 18.5. The molecular weight excluding hydrogens is 386 g/mol. The minimum absolute atomic E-state index is 0.146. The molecular formula is C25H33N5O. The molecule has 2 aromatic carbocycles. The van der Waals surface area contributed by atoms with Crippen LogP contribution in [0.2, 0.25) is 0 Å². The molecule has 2 aromatic rings. The predicted octanol–water partition coefficient (Wildman–Crippen LogP) is 3.68. The van der Waals surface area contributed by atoms with Crippen LogP contribution in [0.25, 0.3) is 0 Å². The van der Waals surface area contributed by atoms with E-state index in [1.807, 2.05) is 18.2 Å². The van der Waals surface area contributed by atoms with Crippen molar-refractivity contribution in [3.8, 4) is 0 Å². The molecule has 0 aromatic heterocycles. The molecule has 0 spiro atoms. The van der Waals surface area contributed by atoms with E-state index in [1.165, 1.54) is 11.3 Å². The van der Waals surface area contributed by atoms with Crippen molar-refractivity contribution in [3.05, 3.63) is 59.7 Å². The number of nitrogens with zero attached hydrogens (tertiary/aromatic N) is 2. The number of carbonyl (C=O) groups excluding carboxylic acids is 1. The molecule has 1 saturated heterocycles. The molecule has 0 bridgehead atoms. The number of aryl methyl sites for hydroxylation is 1. The predicted molar refractivity (Wildman–Crippen MR) is 128 cm³/mol. The Morgan fingerprint density at radius 3 is 2.65 bits per heavy atom. The number of anilines is 2. The lowest BCUT2D eigenvalue weighted by Gasteiger charge is -2.24. The van der Waals surface area contributed by atoms with Crippen LogP contribution in [0.3, 0.4) is 0 Å². The summed E-state index contributed by atoms with van der Waals surface area (Å²) in [6.45, 7) is 4.78. The lowest BCUT2D eigenvalue weighted by atomic mass is 9.85. The van der Waals surface area contributed by atoms with Gasteiger partial charge in [-0.05, 0) is 56.0 Å². The van der Waals surface area contributed by atoms with Gasteiger partial charge in [-0.3, -0.25) is 9.79 Å². The average molecular weight is 420 g/mol. The Bertz CT molecular complexity index is 920. The Kier molecular flexibility index (Phi) is 6.75. The second-order valence-electron chi connectivity index (χ2n) is 8.65. The molecule has 1 amide bonds. The summed E-state index contributed by atoms with van der Waals surface area (Å²) in [5.74, 6) is 1.14. The fourth-order valence-electron chi connectivity index (χ4n) is 4.12. The van der Waals surface area contributed by atoms with Crippen molar-refractivity contribution in [2.24, 2.45) is 10.9 Å². The Labute approximate surface area is 185 Å². The van der Waals surface area contributed by atoms with E-state index in [-0.39, 0.29) is 11.8 Å². The number of guanidine groups is 1. The summed E-state index contributed by atoms with van der Waals surface area (Å²) in [6, 6.07) is 17.1. The first-order chi connectivity index (χ1) is 15.1. The van der Waals surface area contributed by atoms with E-state index < -0.39 is 0 Å². The number of amides is 1. The standard InChI is InChI=1S/C25H33N5O/c1-18-9-11-23(12-10-18)30-14-13-22(17-30)29-25(26-2)27-16-19-5-3-8-21(15-19)28-24(31)20-6-4-7-20/h3,5,8-12,15,20,22H,4,6-7,13-14,16-17H2,1-2H3,(H,28,31)(H2,26,27,29). The maximum absolute atomic E-state index is 12.2. The van der Waals surface area contributed by atoms with E-state index >= 15 is 0 Å². The first-order valence-corrected chi connectivity index (χ1v) is 11.3. The molecule has 1 aliphatic heterocycles. The van der Waals surface area contributed by atoms with Crippen LogP contribution < -0.4 is 20.9 Å². The van der Waals surface area contributed by atoms with Crippen LogP contribution in [0.4, 0.5) is 11.4 Å². The molecule has 1 saturated carbocycles. The van der Waals surface area contributed by atoms with Crippen molar-refractivity contribution in [2.75, 3.05) is 30.4 Å². The van der Waals surface area contributed by atoms with Crippen LogP contribution in [-0.4, -0.2) is 38.0 Å². The van der Waals surface area contributed by atoms with E-state index in [4.69, 9.17) is 0 Å². The molecule has 6 heteroatoms. The molecule has 1 heterocycles. The van der Waals surface area contributed by atoms with Gasteiger partial charge in [0.15, 0.2) is 5.96 Å². The summed E-state index contributed by atoms with van der Waals surface area (Å²) >= 11 is 0. The van der Waals surface area contributed by atoms with Crippen molar-refractivity contribution in [2.45, 2.75) is 45.2 Å². The molecule has 3 N–H and O–H groups in total. The van der Waals surface area contributed by atoms with Crippen molar-refractivity contribution < 1.29 is 4.79 Å². The van der Waals surface area contributed by atoms with Gasteiger partial charge < -0.3 is 20.9 Å². The summed E-state index contributed by atoms with van der Waals surface area (Å²) in [4.78, 5) is 19.0. The van der Waals surface area contributed by atoms with Gasteiger partial charge in [-0.15, -0.1) is 0 Å². The van der Waals surface area contributed by atoms with E-state index in [1.54, 1.807) is 7.05 Å². The molecule has 6 nitrogen and oxygen atoms in total. The van der Waals surface area contributed by atoms with E-state index in [9.17, 15) is 4.79 Å². The Balaban J connectivity index is 1.26. The van der Waals surface area contributed by atoms with Crippen LogP contribution in [0.5, 0.6) is 0 Å². The highest BCUT2D eigenvalue weighted by atomic mass is 16.1. The van der Waals surface area contributed by atoms with E-state index in [0.717, 1.165) is 56.0 Å². The number of nitrogens with one attached hydrogen (secondary N) is 3. The van der Waals surface area contributed by atoms with Gasteiger partial charge in [0, 0.05) is 50.0 Å². The highest BCUT2D eigenvalue weighted by molar-refractivity contribution is 5.93. The van der Waals surface area contributed by atoms with Gasteiger partial charge in [-0.2, -0.15) is 0 Å². The third kappa shape index (κ3) is 5.57. The average Bonchev–Trinajstić information content (AvgIpc) is 3.19. The number of hydrogen-bond acceptors (Lipinski definition) is 3. The second-order valence-corrected chi connectivity index (χ2v) is 8.65. The highest BCUT2D eigenvalue weighted by Gasteiger charge is 2.25. The minimum atomic E-state index is 0.146. The molecule has 31 heavy (non-hydrogen) atoms. The minimum Gasteiger partial charge on any atom is -0.369 e. The Hall–Kier alpha value is -3.02. The number of hydrogen-bond donors (Lipinski definition) is 3. The maximum atomic E-state index is 12.2. The lowest BCUT2D eigenvalue weighted by molar-refractivity contribution is -0.122. The molecule has 1 unspecified atom stereocenters. The molecule has 1 aliphatic carbocycles. The molecule has 0 radical (unpaired) electrons. The largest absolute Gasteiger partial charge is 0.369 e. The van der Waals surface area contributed by atoms with Gasteiger partial charge in [-0.25, -0.2) is 0 Å². The number of aliphatic imine (C=N–C) groups is 1.